The van der Waals surface area contributed by atoms with Crippen LogP contribution in [0.25, 0.3) is 11.4 Å². The molecule has 0 aliphatic carbocycles. The third kappa shape index (κ3) is 3.34. The zero-order valence-electron chi connectivity index (χ0n) is 9.52. The number of aromatic nitrogens is 4. The summed E-state index contributed by atoms with van der Waals surface area (Å²) in [6.45, 7) is -0.369. The van der Waals surface area contributed by atoms with Gasteiger partial charge in [-0.15, -0.1) is 5.10 Å². The summed E-state index contributed by atoms with van der Waals surface area (Å²) in [6, 6.07) is 4.62. The van der Waals surface area contributed by atoms with E-state index in [1.54, 1.807) is 12.1 Å². The normalized spacial score (nSPS) is 11.8. The fourth-order valence-corrected chi connectivity index (χ4v) is 1.77. The van der Waals surface area contributed by atoms with E-state index >= 15 is 0 Å². The molecule has 0 saturated heterocycles. The Bertz CT molecular complexity index is 581. The van der Waals surface area contributed by atoms with Crippen LogP contribution in [0.15, 0.2) is 18.2 Å². The van der Waals surface area contributed by atoms with Gasteiger partial charge in [0.15, 0.2) is 5.82 Å². The molecule has 0 bridgehead atoms. The molecule has 0 radical (unpaired) electrons. The first-order valence-electron chi connectivity index (χ1n) is 5.25. The van der Waals surface area contributed by atoms with Crippen LogP contribution >= 0.6 is 11.6 Å². The quantitative estimate of drug-likeness (QED) is 0.882. The summed E-state index contributed by atoms with van der Waals surface area (Å²) in [5.41, 5.74) is 6.42. The molecule has 0 atom stereocenters. The van der Waals surface area contributed by atoms with E-state index in [2.05, 4.69) is 15.5 Å². The number of hydrogen-bond acceptors (Lipinski definition) is 4. The van der Waals surface area contributed by atoms with Gasteiger partial charge in [0, 0.05) is 11.3 Å². The number of aryl methyl sites for hydroxylation is 1. The van der Waals surface area contributed by atoms with Crippen molar-refractivity contribution < 1.29 is 13.2 Å². The second kappa shape index (κ2) is 5.04. The number of tetrazole rings is 1. The number of nitrogen functional groups attached to an aromatic ring is 1. The zero-order chi connectivity index (χ0) is 14.0. The van der Waals surface area contributed by atoms with Crippen molar-refractivity contribution in [2.24, 2.45) is 0 Å². The highest BCUT2D eigenvalue weighted by atomic mass is 35.5. The van der Waals surface area contributed by atoms with Crippen LogP contribution in [0.5, 0.6) is 0 Å². The molecule has 5 nitrogen and oxygen atoms in total. The lowest BCUT2D eigenvalue weighted by Crippen LogP contribution is -2.14. The second-order valence-electron chi connectivity index (χ2n) is 3.83. The lowest BCUT2D eigenvalue weighted by atomic mass is 10.2. The molecule has 102 valence electrons. The second-order valence-corrected chi connectivity index (χ2v) is 4.24. The average Bonchev–Trinajstić information content (AvgIpc) is 2.73. The van der Waals surface area contributed by atoms with Crippen LogP contribution in [-0.4, -0.2) is 26.4 Å². The van der Waals surface area contributed by atoms with Crippen LogP contribution in [-0.2, 0) is 6.54 Å². The summed E-state index contributed by atoms with van der Waals surface area (Å²) in [4.78, 5) is 0. The Morgan fingerprint density at radius 2 is 2.05 bits per heavy atom. The van der Waals surface area contributed by atoms with Gasteiger partial charge < -0.3 is 5.73 Å². The Kier molecular flexibility index (Phi) is 3.61. The minimum atomic E-state index is -4.27. The van der Waals surface area contributed by atoms with Crippen molar-refractivity contribution in [3.8, 4) is 11.4 Å². The highest BCUT2D eigenvalue weighted by Crippen LogP contribution is 2.28. The maximum absolute atomic E-state index is 12.2. The number of nitrogens with two attached hydrogens (primary N) is 1. The molecule has 1 aromatic heterocycles. The Labute approximate surface area is 111 Å². The van der Waals surface area contributed by atoms with Gasteiger partial charge in [0.05, 0.1) is 18.0 Å². The van der Waals surface area contributed by atoms with Crippen molar-refractivity contribution in [3.05, 3.63) is 23.2 Å². The molecule has 0 fully saturated rings. The zero-order valence-corrected chi connectivity index (χ0v) is 10.3. The molecular formula is C10H9ClF3N5. The third-order valence-corrected chi connectivity index (χ3v) is 2.69. The van der Waals surface area contributed by atoms with Crippen molar-refractivity contribution in [1.82, 2.24) is 20.2 Å². The summed E-state index contributed by atoms with van der Waals surface area (Å²) in [5.74, 6) is 0.175. The smallest absolute Gasteiger partial charge is 0.390 e. The number of rotatable bonds is 3. The van der Waals surface area contributed by atoms with Crippen molar-refractivity contribution in [2.75, 3.05) is 5.73 Å². The van der Waals surface area contributed by atoms with Gasteiger partial charge in [-0.05, 0) is 28.6 Å². The first-order chi connectivity index (χ1) is 8.87. The van der Waals surface area contributed by atoms with E-state index in [1.165, 1.54) is 6.07 Å². The molecule has 0 aliphatic heterocycles. The monoisotopic (exact) mass is 291 g/mol. The summed E-state index contributed by atoms with van der Waals surface area (Å²) in [6.07, 6.45) is -5.29. The van der Waals surface area contributed by atoms with E-state index in [9.17, 15) is 13.2 Å². The van der Waals surface area contributed by atoms with Gasteiger partial charge in [-0.1, -0.05) is 11.6 Å². The number of halogens is 4. The van der Waals surface area contributed by atoms with Crippen molar-refractivity contribution in [1.29, 1.82) is 0 Å². The van der Waals surface area contributed by atoms with Crippen LogP contribution in [0.3, 0.4) is 0 Å². The Morgan fingerprint density at radius 3 is 2.68 bits per heavy atom. The Balaban J connectivity index is 2.28. The predicted octanol–water partition coefficient (Wildman–Crippen LogP) is 2.53. The molecular weight excluding hydrogens is 283 g/mol. The van der Waals surface area contributed by atoms with Gasteiger partial charge in [0.25, 0.3) is 0 Å². The predicted molar refractivity (Wildman–Crippen MR) is 63.3 cm³/mol. The number of benzene rings is 1. The maximum Gasteiger partial charge on any atom is 0.390 e. The van der Waals surface area contributed by atoms with Crippen LogP contribution in [0.2, 0.25) is 5.02 Å². The highest BCUT2D eigenvalue weighted by Gasteiger charge is 2.27. The molecule has 0 unspecified atom stereocenters. The maximum atomic E-state index is 12.2. The van der Waals surface area contributed by atoms with Gasteiger partial charge in [-0.3, -0.25) is 0 Å². The van der Waals surface area contributed by atoms with E-state index in [0.29, 0.717) is 11.3 Å². The molecule has 19 heavy (non-hydrogen) atoms. The largest absolute Gasteiger partial charge is 0.399 e. The van der Waals surface area contributed by atoms with Gasteiger partial charge in [0.1, 0.15) is 0 Å². The summed E-state index contributed by atoms with van der Waals surface area (Å²) in [5, 5.41) is 10.9. The van der Waals surface area contributed by atoms with Crippen LogP contribution in [0.4, 0.5) is 18.9 Å². The Morgan fingerprint density at radius 1 is 1.32 bits per heavy atom. The van der Waals surface area contributed by atoms with E-state index in [-0.39, 0.29) is 17.4 Å². The van der Waals surface area contributed by atoms with Gasteiger partial charge in [0.2, 0.25) is 0 Å². The van der Waals surface area contributed by atoms with E-state index in [4.69, 9.17) is 17.3 Å². The van der Waals surface area contributed by atoms with Crippen molar-refractivity contribution >= 4 is 17.3 Å². The summed E-state index contributed by atoms with van der Waals surface area (Å²) >= 11 is 5.97. The first-order valence-corrected chi connectivity index (χ1v) is 5.63. The molecule has 2 N–H and O–H groups in total. The molecule has 2 rings (SSSR count). The number of hydrogen-bond donors (Lipinski definition) is 1. The molecule has 0 spiro atoms. The molecule has 2 aromatic rings. The fourth-order valence-electron chi connectivity index (χ4n) is 1.49. The number of nitrogens with zero attached hydrogens (tertiary/aromatic N) is 4. The topological polar surface area (TPSA) is 69.6 Å². The number of alkyl halides is 3. The van der Waals surface area contributed by atoms with E-state index < -0.39 is 12.6 Å². The molecule has 1 heterocycles. The number of anilines is 1. The minimum absolute atomic E-state index is 0.175. The third-order valence-electron chi connectivity index (χ3n) is 2.37. The van der Waals surface area contributed by atoms with Crippen molar-refractivity contribution in [2.45, 2.75) is 19.1 Å². The summed E-state index contributed by atoms with van der Waals surface area (Å²) in [7, 11) is 0. The molecule has 1 aromatic carbocycles. The highest BCUT2D eigenvalue weighted by molar-refractivity contribution is 6.33. The lowest BCUT2D eigenvalue weighted by Gasteiger charge is -2.08. The average molecular weight is 292 g/mol. The SMILES string of the molecule is Nc1ccc(-c2nnnn2CCC(F)(F)F)c(Cl)c1. The van der Waals surface area contributed by atoms with E-state index in [0.717, 1.165) is 4.68 Å². The van der Waals surface area contributed by atoms with Gasteiger partial charge in [-0.2, -0.15) is 13.2 Å². The molecule has 9 heteroatoms. The van der Waals surface area contributed by atoms with Gasteiger partial charge >= 0.3 is 6.18 Å². The van der Waals surface area contributed by atoms with Crippen molar-refractivity contribution in [3.63, 3.8) is 0 Å². The van der Waals surface area contributed by atoms with E-state index in [1.807, 2.05) is 0 Å². The van der Waals surface area contributed by atoms with Crippen LogP contribution in [0, 0.1) is 0 Å². The standard InChI is InChI=1S/C10H9ClF3N5/c11-8-5-6(15)1-2-7(8)9-16-17-18-19(9)4-3-10(12,13)14/h1-2,5H,3-4,15H2. The molecule has 0 aliphatic rings. The lowest BCUT2D eigenvalue weighted by molar-refractivity contribution is -0.137. The van der Waals surface area contributed by atoms with Crippen LogP contribution < -0.4 is 5.73 Å². The first kappa shape index (κ1) is 13.6. The molecule has 0 saturated carbocycles. The summed E-state index contributed by atoms with van der Waals surface area (Å²) < 4.78 is 37.6. The fraction of sp³-hybridized carbons (Fsp3) is 0.300. The molecule has 0 amide bonds. The van der Waals surface area contributed by atoms with Crippen LogP contribution in [0.1, 0.15) is 6.42 Å². The minimum Gasteiger partial charge on any atom is -0.399 e. The Hall–Kier alpha value is -1.83. The van der Waals surface area contributed by atoms with Gasteiger partial charge in [-0.25, -0.2) is 4.68 Å².